The molecule has 3 aromatic rings. The van der Waals surface area contributed by atoms with E-state index in [0.29, 0.717) is 5.75 Å². The summed E-state index contributed by atoms with van der Waals surface area (Å²) in [7, 11) is 2.79. The maximum atomic E-state index is 12.3. The highest BCUT2D eigenvalue weighted by atomic mass is 33.7. The van der Waals surface area contributed by atoms with E-state index >= 15 is 0 Å². The van der Waals surface area contributed by atoms with E-state index in [0.717, 1.165) is 33.6 Å². The van der Waals surface area contributed by atoms with E-state index in [2.05, 4.69) is 0 Å². The number of aromatic carboxylic acids is 1. The summed E-state index contributed by atoms with van der Waals surface area (Å²) >= 11 is 15.3. The number of hydrogen-bond acceptors (Lipinski definition) is 10. The van der Waals surface area contributed by atoms with E-state index < -0.39 is 26.7 Å². The molecule has 1 heterocycles. The number of carboxylic acid groups (broad SMARTS) is 1. The molecule has 3 aromatic carbocycles. The highest BCUT2D eigenvalue weighted by molar-refractivity contribution is 9.48. The molecule has 0 aromatic heterocycles. The fourth-order valence-electron chi connectivity index (χ4n) is 3.14. The number of aromatic hydroxyl groups is 1. The number of carbonyl (C=O) groups is 2. The summed E-state index contributed by atoms with van der Waals surface area (Å²) in [5, 5.41) is 21.9. The van der Waals surface area contributed by atoms with Crippen molar-refractivity contribution in [1.29, 1.82) is 0 Å². The lowest BCUT2D eigenvalue weighted by Gasteiger charge is -2.40. The first-order valence-corrected chi connectivity index (χ1v) is 19.7. The van der Waals surface area contributed by atoms with Gasteiger partial charge in [-0.2, -0.15) is 0 Å². The maximum Gasteiger partial charge on any atom is 0.447 e. The number of anilines is 1. The molecular weight excluding hydrogens is 580 g/mol. The van der Waals surface area contributed by atoms with E-state index in [9.17, 15) is 19.8 Å². The number of ether oxygens (including phenoxy) is 2. The quantitative estimate of drug-likeness (QED) is 0.258. The Bertz CT molecular complexity index is 1400. The van der Waals surface area contributed by atoms with Gasteiger partial charge in [-0.1, -0.05) is 45.6 Å². The van der Waals surface area contributed by atoms with Crippen LogP contribution in [0.2, 0.25) is 0 Å². The molecule has 0 saturated carbocycles. The SMILES string of the molecule is COC(=O)N(Oc1ccc(P2(=S)SP(=S)(c3ccc(OC)cc3)S2)cc1)c1ccc(O)c(C(=O)O)c1. The number of nitrogens with zero attached hydrogens (tertiary/aromatic N) is 1. The van der Waals surface area contributed by atoms with Gasteiger partial charge in [0, 0.05) is 10.6 Å². The van der Waals surface area contributed by atoms with Gasteiger partial charge < -0.3 is 24.5 Å². The zero-order valence-electron chi connectivity index (χ0n) is 18.8. The fourth-order valence-corrected chi connectivity index (χ4v) is 45.4. The highest BCUT2D eigenvalue weighted by Crippen LogP contribution is 3.04. The van der Waals surface area contributed by atoms with Crippen molar-refractivity contribution in [3.8, 4) is 17.2 Å². The normalized spacial score (nSPS) is 20.6. The van der Waals surface area contributed by atoms with Crippen molar-refractivity contribution in [3.63, 3.8) is 0 Å². The smallest absolute Gasteiger partial charge is 0.447 e. The van der Waals surface area contributed by atoms with E-state index in [-0.39, 0.29) is 11.3 Å². The first-order chi connectivity index (χ1) is 17.1. The van der Waals surface area contributed by atoms with E-state index in [1.54, 1.807) is 41.2 Å². The molecule has 14 heteroatoms. The van der Waals surface area contributed by atoms with Crippen molar-refractivity contribution in [2.75, 3.05) is 19.3 Å². The number of carbonyl (C=O) groups excluding carboxylic acids is 1. The number of amides is 1. The van der Waals surface area contributed by atoms with Crippen LogP contribution in [0.15, 0.2) is 66.7 Å². The van der Waals surface area contributed by atoms with Crippen molar-refractivity contribution in [2.24, 2.45) is 0 Å². The zero-order valence-corrected chi connectivity index (χ0v) is 23.8. The van der Waals surface area contributed by atoms with Gasteiger partial charge >= 0.3 is 12.1 Å². The average Bonchev–Trinajstić information content (AvgIpc) is 2.86. The minimum Gasteiger partial charge on any atom is -0.507 e. The largest absolute Gasteiger partial charge is 0.507 e. The summed E-state index contributed by atoms with van der Waals surface area (Å²) in [5.74, 6) is -0.709. The number of carboxylic acids is 1. The van der Waals surface area contributed by atoms with Gasteiger partial charge in [-0.15, -0.1) is 5.06 Å². The van der Waals surface area contributed by atoms with E-state index in [4.69, 9.17) is 37.9 Å². The van der Waals surface area contributed by atoms with E-state index in [1.807, 2.05) is 36.4 Å². The number of rotatable bonds is 7. The van der Waals surface area contributed by atoms with Crippen molar-refractivity contribution >= 4 is 82.9 Å². The summed E-state index contributed by atoms with van der Waals surface area (Å²) in [6.45, 7) is 0. The fraction of sp³-hybridized carbons (Fsp3) is 0.0909. The van der Waals surface area contributed by atoms with Gasteiger partial charge in [0.05, 0.1) is 28.8 Å². The average molecular weight is 600 g/mol. The third-order valence-electron chi connectivity index (χ3n) is 4.95. The van der Waals surface area contributed by atoms with Gasteiger partial charge in [-0.3, -0.25) is 0 Å². The van der Waals surface area contributed by atoms with Crippen LogP contribution >= 0.6 is 30.9 Å². The second-order valence-corrected chi connectivity index (χ2v) is 28.5. The van der Waals surface area contributed by atoms with Crippen LogP contribution in [0, 0.1) is 0 Å². The molecule has 36 heavy (non-hydrogen) atoms. The molecule has 0 aliphatic carbocycles. The van der Waals surface area contributed by atoms with Crippen LogP contribution in [0.4, 0.5) is 10.5 Å². The lowest BCUT2D eigenvalue weighted by atomic mass is 10.2. The van der Waals surface area contributed by atoms with Gasteiger partial charge in [-0.25, -0.2) is 9.59 Å². The van der Waals surface area contributed by atoms with Crippen LogP contribution in [0.25, 0.3) is 0 Å². The molecule has 1 saturated heterocycles. The van der Waals surface area contributed by atoms with Crippen molar-refractivity contribution in [3.05, 3.63) is 72.3 Å². The lowest BCUT2D eigenvalue weighted by Crippen LogP contribution is -2.34. The van der Waals surface area contributed by atoms with Crippen LogP contribution in [0.3, 0.4) is 0 Å². The van der Waals surface area contributed by atoms with Crippen molar-refractivity contribution < 1.29 is 34.1 Å². The first kappa shape index (κ1) is 26.9. The summed E-state index contributed by atoms with van der Waals surface area (Å²) in [6.07, 6.45) is -0.876. The van der Waals surface area contributed by atoms with Gasteiger partial charge in [0.25, 0.3) is 0 Å². The van der Waals surface area contributed by atoms with Gasteiger partial charge in [0.1, 0.15) is 17.1 Å². The summed E-state index contributed by atoms with van der Waals surface area (Å²) in [6, 6.07) is 18.4. The van der Waals surface area contributed by atoms with Crippen molar-refractivity contribution in [1.82, 2.24) is 0 Å². The number of hydroxylamine groups is 1. The Morgan fingerprint density at radius 2 is 1.39 bits per heavy atom. The molecule has 188 valence electrons. The minimum absolute atomic E-state index is 0.0682. The molecule has 1 aliphatic heterocycles. The Morgan fingerprint density at radius 1 is 0.861 bits per heavy atom. The van der Waals surface area contributed by atoms with Crippen LogP contribution in [-0.4, -0.2) is 36.5 Å². The highest BCUT2D eigenvalue weighted by Gasteiger charge is 2.45. The number of hydrogen-bond donors (Lipinski definition) is 2. The summed E-state index contributed by atoms with van der Waals surface area (Å²) in [5.41, 5.74) is -0.316. The number of benzene rings is 3. The monoisotopic (exact) mass is 599 g/mol. The predicted octanol–water partition coefficient (Wildman–Crippen LogP) is 5.72. The van der Waals surface area contributed by atoms with Gasteiger partial charge in [0.15, 0.2) is 5.75 Å². The summed E-state index contributed by atoms with van der Waals surface area (Å²) in [4.78, 5) is 29.4. The maximum absolute atomic E-state index is 12.3. The third-order valence-corrected chi connectivity index (χ3v) is 36.2. The van der Waals surface area contributed by atoms with Crippen LogP contribution in [0.1, 0.15) is 10.4 Å². The Balaban J connectivity index is 1.52. The molecule has 0 radical (unpaired) electrons. The molecule has 2 N–H and O–H groups in total. The Hall–Kier alpha value is -2.20. The molecular formula is C22H19NO7P2S4. The molecule has 1 fully saturated rings. The molecule has 1 aliphatic rings. The van der Waals surface area contributed by atoms with Crippen LogP contribution < -0.4 is 25.2 Å². The minimum atomic E-state index is -1.98. The topological polar surface area (TPSA) is 106 Å². The van der Waals surface area contributed by atoms with Crippen LogP contribution in [0.5, 0.6) is 17.2 Å². The molecule has 0 bridgehead atoms. The van der Waals surface area contributed by atoms with Crippen LogP contribution in [-0.2, 0) is 28.4 Å². The molecule has 4 rings (SSSR count). The molecule has 8 nitrogen and oxygen atoms in total. The molecule has 1 amide bonds. The van der Waals surface area contributed by atoms with Crippen molar-refractivity contribution in [2.45, 2.75) is 0 Å². The summed E-state index contributed by atoms with van der Waals surface area (Å²) < 4.78 is 6.13. The number of methoxy groups -OCH3 is 2. The molecule has 0 unspecified atom stereocenters. The zero-order chi connectivity index (χ0) is 26.1. The second kappa shape index (κ2) is 10.7. The Labute approximate surface area is 224 Å². The van der Waals surface area contributed by atoms with Gasteiger partial charge in [0.2, 0.25) is 0 Å². The first-order valence-electron chi connectivity index (χ1n) is 10.1. The predicted molar refractivity (Wildman–Crippen MR) is 153 cm³/mol. The standard InChI is InChI=1S/C22H19NO7P2S4/c1-28-15-4-8-17(9-5-15)31(33)35-32(34,36-31)18-10-6-16(7-11-18)30-23(22(27)29-2)14-3-12-20(24)19(13-14)21(25)26/h3-13,24H,1-2H3,(H,25,26). The Kier molecular flexibility index (Phi) is 7.95. The number of phenols is 1. The van der Waals surface area contributed by atoms with Gasteiger partial charge in [-0.05, 0) is 66.7 Å². The van der Waals surface area contributed by atoms with E-state index in [1.165, 1.54) is 13.2 Å². The Morgan fingerprint density at radius 3 is 1.86 bits per heavy atom. The lowest BCUT2D eigenvalue weighted by molar-refractivity contribution is 0.0693. The molecule has 0 spiro atoms. The molecule has 0 atom stereocenters. The second-order valence-electron chi connectivity index (χ2n) is 7.21. The third kappa shape index (κ3) is 5.39.